The number of guanidine groups is 1. The van der Waals surface area contributed by atoms with E-state index in [0.717, 1.165) is 24.2 Å². The van der Waals surface area contributed by atoms with Crippen molar-refractivity contribution in [2.75, 3.05) is 13.1 Å². The molecule has 0 spiro atoms. The van der Waals surface area contributed by atoms with Gasteiger partial charge < -0.3 is 15.4 Å². The molecule has 0 saturated carbocycles. The third-order valence-corrected chi connectivity index (χ3v) is 3.90. The molecular formula is C20H27FN4O. The van der Waals surface area contributed by atoms with Crippen molar-refractivity contribution in [3.05, 3.63) is 59.7 Å². The number of rotatable bonds is 8. The van der Waals surface area contributed by atoms with Crippen LogP contribution in [0.5, 0.6) is 5.75 Å². The Morgan fingerprint density at radius 1 is 1.23 bits per heavy atom. The van der Waals surface area contributed by atoms with E-state index in [1.54, 1.807) is 18.3 Å². The van der Waals surface area contributed by atoms with Crippen LogP contribution in [0.4, 0.5) is 4.39 Å². The van der Waals surface area contributed by atoms with Crippen molar-refractivity contribution in [1.82, 2.24) is 15.6 Å². The van der Waals surface area contributed by atoms with Crippen molar-refractivity contribution < 1.29 is 9.13 Å². The summed E-state index contributed by atoms with van der Waals surface area (Å²) in [6, 6.07) is 10.1. The zero-order valence-electron chi connectivity index (χ0n) is 15.6. The maximum Gasteiger partial charge on any atom is 0.191 e. The highest BCUT2D eigenvalue weighted by Crippen LogP contribution is 2.14. The maximum atomic E-state index is 13.3. The summed E-state index contributed by atoms with van der Waals surface area (Å²) in [7, 11) is 0. The molecule has 0 fully saturated rings. The number of pyridine rings is 1. The van der Waals surface area contributed by atoms with Crippen LogP contribution in [0.3, 0.4) is 0 Å². The number of halogens is 1. The van der Waals surface area contributed by atoms with Crippen LogP contribution in [-0.4, -0.2) is 30.1 Å². The number of benzene rings is 1. The van der Waals surface area contributed by atoms with Crippen molar-refractivity contribution in [2.45, 2.75) is 39.8 Å². The maximum absolute atomic E-state index is 13.3. The lowest BCUT2D eigenvalue weighted by atomic mass is 10.2. The summed E-state index contributed by atoms with van der Waals surface area (Å²) in [6.07, 6.45) is 2.48. The SMILES string of the molecule is CCNC(=NCc1ncccc1C)NCC(CC)Oc1cccc(F)c1. The fourth-order valence-corrected chi connectivity index (χ4v) is 2.39. The van der Waals surface area contributed by atoms with Gasteiger partial charge in [-0.1, -0.05) is 19.1 Å². The molecule has 140 valence electrons. The van der Waals surface area contributed by atoms with Gasteiger partial charge in [-0.2, -0.15) is 0 Å². The molecule has 5 nitrogen and oxygen atoms in total. The van der Waals surface area contributed by atoms with Gasteiger partial charge in [0, 0.05) is 18.8 Å². The summed E-state index contributed by atoms with van der Waals surface area (Å²) >= 11 is 0. The van der Waals surface area contributed by atoms with E-state index in [-0.39, 0.29) is 11.9 Å². The van der Waals surface area contributed by atoms with Gasteiger partial charge in [-0.25, -0.2) is 9.38 Å². The number of ether oxygens (including phenoxy) is 1. The Hall–Kier alpha value is -2.63. The first kappa shape index (κ1) is 19.7. The highest BCUT2D eigenvalue weighted by Gasteiger charge is 2.10. The molecule has 0 aliphatic rings. The van der Waals surface area contributed by atoms with Crippen molar-refractivity contribution in [1.29, 1.82) is 0 Å². The molecule has 2 aromatic rings. The van der Waals surface area contributed by atoms with Crippen molar-refractivity contribution in [3.63, 3.8) is 0 Å². The van der Waals surface area contributed by atoms with Crippen molar-refractivity contribution >= 4 is 5.96 Å². The van der Waals surface area contributed by atoms with E-state index in [4.69, 9.17) is 4.74 Å². The van der Waals surface area contributed by atoms with Crippen LogP contribution in [0.15, 0.2) is 47.6 Å². The fourth-order valence-electron chi connectivity index (χ4n) is 2.39. The molecule has 1 heterocycles. The third kappa shape index (κ3) is 6.35. The highest BCUT2D eigenvalue weighted by atomic mass is 19.1. The molecule has 0 saturated heterocycles. The zero-order valence-corrected chi connectivity index (χ0v) is 15.6. The molecule has 0 bridgehead atoms. The second-order valence-electron chi connectivity index (χ2n) is 5.95. The molecule has 0 radical (unpaired) electrons. The summed E-state index contributed by atoms with van der Waals surface area (Å²) in [6.45, 7) is 7.91. The quantitative estimate of drug-likeness (QED) is 0.561. The molecule has 6 heteroatoms. The summed E-state index contributed by atoms with van der Waals surface area (Å²) < 4.78 is 19.2. The van der Waals surface area contributed by atoms with Gasteiger partial charge in [0.1, 0.15) is 17.7 Å². The van der Waals surface area contributed by atoms with Crippen LogP contribution >= 0.6 is 0 Å². The first-order chi connectivity index (χ1) is 12.6. The van der Waals surface area contributed by atoms with Crippen LogP contribution in [0, 0.1) is 12.7 Å². The Morgan fingerprint density at radius 2 is 2.08 bits per heavy atom. The number of hydrogen-bond acceptors (Lipinski definition) is 3. The lowest BCUT2D eigenvalue weighted by Crippen LogP contribution is -2.42. The zero-order chi connectivity index (χ0) is 18.8. The van der Waals surface area contributed by atoms with Gasteiger partial charge in [-0.05, 0) is 44.0 Å². The molecule has 1 unspecified atom stereocenters. The topological polar surface area (TPSA) is 58.5 Å². The van der Waals surface area contributed by atoms with Crippen LogP contribution in [0.1, 0.15) is 31.5 Å². The number of hydrogen-bond donors (Lipinski definition) is 2. The highest BCUT2D eigenvalue weighted by molar-refractivity contribution is 5.79. The van der Waals surface area contributed by atoms with Gasteiger partial charge in [0.2, 0.25) is 0 Å². The minimum Gasteiger partial charge on any atom is -0.489 e. The minimum absolute atomic E-state index is 0.0859. The van der Waals surface area contributed by atoms with E-state index in [2.05, 4.69) is 20.6 Å². The average Bonchev–Trinajstić information content (AvgIpc) is 2.64. The lowest BCUT2D eigenvalue weighted by Gasteiger charge is -2.20. The van der Waals surface area contributed by atoms with Gasteiger partial charge in [0.15, 0.2) is 5.96 Å². The Kier molecular flexibility index (Phi) is 7.86. The van der Waals surface area contributed by atoms with E-state index in [9.17, 15) is 4.39 Å². The predicted molar refractivity (Wildman–Crippen MR) is 103 cm³/mol. The summed E-state index contributed by atoms with van der Waals surface area (Å²) in [5.41, 5.74) is 2.07. The van der Waals surface area contributed by atoms with Crippen LogP contribution < -0.4 is 15.4 Å². The van der Waals surface area contributed by atoms with Gasteiger partial charge in [0.25, 0.3) is 0 Å². The molecule has 2 N–H and O–H groups in total. The van der Waals surface area contributed by atoms with Crippen LogP contribution in [0.25, 0.3) is 0 Å². The second kappa shape index (κ2) is 10.4. The van der Waals surface area contributed by atoms with E-state index in [1.165, 1.54) is 12.1 Å². The molecule has 1 atom stereocenters. The molecule has 26 heavy (non-hydrogen) atoms. The fraction of sp³-hybridized carbons (Fsp3) is 0.400. The van der Waals surface area contributed by atoms with Gasteiger partial charge >= 0.3 is 0 Å². The number of nitrogens with zero attached hydrogens (tertiary/aromatic N) is 2. The number of aryl methyl sites for hydroxylation is 1. The molecule has 0 aliphatic carbocycles. The molecule has 0 aliphatic heterocycles. The van der Waals surface area contributed by atoms with E-state index >= 15 is 0 Å². The Balaban J connectivity index is 1.95. The second-order valence-corrected chi connectivity index (χ2v) is 5.95. The molecule has 0 amide bonds. The smallest absolute Gasteiger partial charge is 0.191 e. The minimum atomic E-state index is -0.300. The standard InChI is InChI=1S/C20H27FN4O/c1-4-17(26-18-10-6-9-16(21)12-18)13-24-20(22-5-2)25-14-19-15(3)8-7-11-23-19/h6-12,17H,4-5,13-14H2,1-3H3,(H2,22,24,25). The monoisotopic (exact) mass is 358 g/mol. The summed E-state index contributed by atoms with van der Waals surface area (Å²) in [5, 5.41) is 6.51. The molecular weight excluding hydrogens is 331 g/mol. The van der Waals surface area contributed by atoms with Crippen molar-refractivity contribution in [3.8, 4) is 5.75 Å². The van der Waals surface area contributed by atoms with E-state index < -0.39 is 0 Å². The first-order valence-electron chi connectivity index (χ1n) is 8.97. The van der Waals surface area contributed by atoms with Crippen LogP contribution in [0.2, 0.25) is 0 Å². The number of nitrogens with one attached hydrogen (secondary N) is 2. The Morgan fingerprint density at radius 3 is 2.77 bits per heavy atom. The third-order valence-electron chi connectivity index (χ3n) is 3.90. The molecule has 1 aromatic heterocycles. The normalized spacial score (nSPS) is 12.5. The molecule has 2 rings (SSSR count). The largest absolute Gasteiger partial charge is 0.489 e. The number of aromatic nitrogens is 1. The first-order valence-corrected chi connectivity index (χ1v) is 8.97. The van der Waals surface area contributed by atoms with E-state index in [0.29, 0.717) is 24.8 Å². The Labute approximate surface area is 154 Å². The molecule has 1 aromatic carbocycles. The van der Waals surface area contributed by atoms with Gasteiger partial charge in [-0.3, -0.25) is 4.98 Å². The summed E-state index contributed by atoms with van der Waals surface area (Å²) in [5.74, 6) is 0.939. The lowest BCUT2D eigenvalue weighted by molar-refractivity contribution is 0.198. The van der Waals surface area contributed by atoms with Crippen molar-refractivity contribution in [2.24, 2.45) is 4.99 Å². The Bertz CT molecular complexity index is 720. The van der Waals surface area contributed by atoms with Gasteiger partial charge in [0.05, 0.1) is 18.8 Å². The summed E-state index contributed by atoms with van der Waals surface area (Å²) in [4.78, 5) is 8.95. The van der Waals surface area contributed by atoms with Crippen LogP contribution in [-0.2, 0) is 6.54 Å². The number of aliphatic imine (C=N–C) groups is 1. The van der Waals surface area contributed by atoms with E-state index in [1.807, 2.05) is 32.9 Å². The average molecular weight is 358 g/mol. The predicted octanol–water partition coefficient (Wildman–Crippen LogP) is 3.44. The van der Waals surface area contributed by atoms with Gasteiger partial charge in [-0.15, -0.1) is 0 Å².